The molecular formula is C18H23N. The van der Waals surface area contributed by atoms with Crippen LogP contribution in [0.1, 0.15) is 38.8 Å². The fourth-order valence-corrected chi connectivity index (χ4v) is 2.98. The standard InChI is InChI=1S/C18H23N/c1-13(19-12-15-11-18(15,2)3)16-10-6-8-14-7-4-5-9-17(14)16/h4-10,13,15,19H,11-12H2,1-3H3. The van der Waals surface area contributed by atoms with Crippen LogP contribution in [0.25, 0.3) is 10.8 Å². The first-order valence-corrected chi connectivity index (χ1v) is 7.29. The molecule has 0 heterocycles. The molecule has 1 heteroatoms. The molecule has 19 heavy (non-hydrogen) atoms. The lowest BCUT2D eigenvalue weighted by molar-refractivity contribution is 0.486. The van der Waals surface area contributed by atoms with E-state index in [1.807, 2.05) is 0 Å². The summed E-state index contributed by atoms with van der Waals surface area (Å²) < 4.78 is 0. The molecule has 1 nitrogen and oxygen atoms in total. The lowest BCUT2D eigenvalue weighted by Gasteiger charge is -2.17. The minimum Gasteiger partial charge on any atom is -0.310 e. The molecule has 1 aliphatic rings. The molecule has 0 aromatic heterocycles. The number of rotatable bonds is 4. The maximum absolute atomic E-state index is 3.71. The molecule has 2 aromatic carbocycles. The molecule has 1 N–H and O–H groups in total. The zero-order chi connectivity index (χ0) is 13.5. The van der Waals surface area contributed by atoms with Crippen LogP contribution in [0.4, 0.5) is 0 Å². The van der Waals surface area contributed by atoms with E-state index in [4.69, 9.17) is 0 Å². The quantitative estimate of drug-likeness (QED) is 0.843. The van der Waals surface area contributed by atoms with Crippen molar-refractivity contribution in [2.75, 3.05) is 6.54 Å². The first-order chi connectivity index (χ1) is 9.08. The average Bonchev–Trinajstić information content (AvgIpc) is 3.03. The maximum Gasteiger partial charge on any atom is 0.0298 e. The summed E-state index contributed by atoms with van der Waals surface area (Å²) in [4.78, 5) is 0. The first kappa shape index (κ1) is 12.7. The van der Waals surface area contributed by atoms with E-state index in [1.165, 1.54) is 22.8 Å². The highest BCUT2D eigenvalue weighted by Crippen LogP contribution is 2.51. The van der Waals surface area contributed by atoms with Crippen molar-refractivity contribution >= 4 is 10.8 Å². The van der Waals surface area contributed by atoms with E-state index in [0.717, 1.165) is 12.5 Å². The predicted octanol–water partition coefficient (Wildman–Crippen LogP) is 4.54. The lowest BCUT2D eigenvalue weighted by Crippen LogP contribution is -2.22. The molecule has 3 rings (SSSR count). The van der Waals surface area contributed by atoms with Gasteiger partial charge in [-0.05, 0) is 47.6 Å². The van der Waals surface area contributed by atoms with Gasteiger partial charge in [-0.25, -0.2) is 0 Å². The van der Waals surface area contributed by atoms with E-state index in [0.29, 0.717) is 11.5 Å². The van der Waals surface area contributed by atoms with Crippen LogP contribution in [0.2, 0.25) is 0 Å². The Morgan fingerprint density at radius 2 is 1.84 bits per heavy atom. The van der Waals surface area contributed by atoms with Crippen molar-refractivity contribution in [2.24, 2.45) is 11.3 Å². The van der Waals surface area contributed by atoms with Crippen LogP contribution in [-0.4, -0.2) is 6.54 Å². The Balaban J connectivity index is 1.76. The number of hydrogen-bond acceptors (Lipinski definition) is 1. The highest BCUT2D eigenvalue weighted by Gasteiger charge is 2.44. The van der Waals surface area contributed by atoms with Gasteiger partial charge in [-0.3, -0.25) is 0 Å². The van der Waals surface area contributed by atoms with Crippen molar-refractivity contribution in [1.82, 2.24) is 5.32 Å². The molecule has 0 saturated heterocycles. The van der Waals surface area contributed by atoms with Gasteiger partial charge in [-0.1, -0.05) is 56.3 Å². The fourth-order valence-electron chi connectivity index (χ4n) is 2.98. The molecule has 2 atom stereocenters. The van der Waals surface area contributed by atoms with E-state index in [9.17, 15) is 0 Å². The van der Waals surface area contributed by atoms with Crippen molar-refractivity contribution < 1.29 is 0 Å². The van der Waals surface area contributed by atoms with Gasteiger partial charge in [-0.15, -0.1) is 0 Å². The van der Waals surface area contributed by atoms with Gasteiger partial charge in [-0.2, -0.15) is 0 Å². The molecule has 2 unspecified atom stereocenters. The lowest BCUT2D eigenvalue weighted by atomic mass is 9.99. The van der Waals surface area contributed by atoms with Crippen LogP contribution < -0.4 is 5.32 Å². The third-order valence-corrected chi connectivity index (χ3v) is 4.68. The molecule has 2 aromatic rings. The summed E-state index contributed by atoms with van der Waals surface area (Å²) in [6.07, 6.45) is 1.36. The van der Waals surface area contributed by atoms with Crippen LogP contribution in [-0.2, 0) is 0 Å². The molecule has 0 spiro atoms. The van der Waals surface area contributed by atoms with Gasteiger partial charge in [0, 0.05) is 6.04 Å². The van der Waals surface area contributed by atoms with Gasteiger partial charge in [0.1, 0.15) is 0 Å². The SMILES string of the molecule is CC(NCC1CC1(C)C)c1cccc2ccccc12. The third-order valence-electron chi connectivity index (χ3n) is 4.68. The summed E-state index contributed by atoms with van der Waals surface area (Å²) >= 11 is 0. The van der Waals surface area contributed by atoms with Crippen LogP contribution in [0.15, 0.2) is 42.5 Å². The topological polar surface area (TPSA) is 12.0 Å². The Hall–Kier alpha value is -1.34. The number of benzene rings is 2. The summed E-state index contributed by atoms with van der Waals surface area (Å²) in [7, 11) is 0. The summed E-state index contributed by atoms with van der Waals surface area (Å²) in [5.74, 6) is 0.852. The van der Waals surface area contributed by atoms with E-state index in [2.05, 4.69) is 68.6 Å². The third kappa shape index (κ3) is 2.52. The monoisotopic (exact) mass is 253 g/mol. The van der Waals surface area contributed by atoms with Gasteiger partial charge in [0.15, 0.2) is 0 Å². The Bertz CT molecular complexity index is 580. The Morgan fingerprint density at radius 3 is 2.58 bits per heavy atom. The van der Waals surface area contributed by atoms with Crippen LogP contribution >= 0.6 is 0 Å². The summed E-state index contributed by atoms with van der Waals surface area (Å²) in [6, 6.07) is 15.7. The van der Waals surface area contributed by atoms with Crippen molar-refractivity contribution in [1.29, 1.82) is 0 Å². The second-order valence-electron chi connectivity index (χ2n) is 6.59. The van der Waals surface area contributed by atoms with Crippen LogP contribution in [0.3, 0.4) is 0 Å². The van der Waals surface area contributed by atoms with Gasteiger partial charge < -0.3 is 5.32 Å². The smallest absolute Gasteiger partial charge is 0.0298 e. The minimum atomic E-state index is 0.419. The Kier molecular flexibility index (Phi) is 3.10. The molecule has 0 bridgehead atoms. The molecule has 1 aliphatic carbocycles. The molecule has 100 valence electrons. The van der Waals surface area contributed by atoms with Crippen molar-refractivity contribution in [3.63, 3.8) is 0 Å². The molecular weight excluding hydrogens is 230 g/mol. The summed E-state index contributed by atoms with van der Waals surface area (Å²) in [5, 5.41) is 6.42. The normalized spacial score (nSPS) is 22.4. The fraction of sp³-hybridized carbons (Fsp3) is 0.444. The van der Waals surface area contributed by atoms with Gasteiger partial charge in [0.05, 0.1) is 0 Å². The first-order valence-electron chi connectivity index (χ1n) is 7.29. The average molecular weight is 253 g/mol. The van der Waals surface area contributed by atoms with Crippen LogP contribution in [0.5, 0.6) is 0 Å². The number of hydrogen-bond donors (Lipinski definition) is 1. The van der Waals surface area contributed by atoms with E-state index < -0.39 is 0 Å². The van der Waals surface area contributed by atoms with Crippen LogP contribution in [0, 0.1) is 11.3 Å². The highest BCUT2D eigenvalue weighted by molar-refractivity contribution is 5.86. The van der Waals surface area contributed by atoms with Crippen molar-refractivity contribution in [2.45, 2.75) is 33.2 Å². The summed E-state index contributed by atoms with van der Waals surface area (Å²) in [5.41, 5.74) is 1.97. The second-order valence-corrected chi connectivity index (χ2v) is 6.59. The van der Waals surface area contributed by atoms with E-state index >= 15 is 0 Å². The van der Waals surface area contributed by atoms with Gasteiger partial charge in [0.2, 0.25) is 0 Å². The van der Waals surface area contributed by atoms with E-state index in [-0.39, 0.29) is 0 Å². The Morgan fingerprint density at radius 1 is 1.16 bits per heavy atom. The van der Waals surface area contributed by atoms with Crippen molar-refractivity contribution in [3.05, 3.63) is 48.0 Å². The molecule has 0 amide bonds. The number of nitrogens with one attached hydrogen (secondary N) is 1. The van der Waals surface area contributed by atoms with E-state index in [1.54, 1.807) is 0 Å². The maximum atomic E-state index is 3.71. The Labute approximate surface area is 116 Å². The largest absolute Gasteiger partial charge is 0.310 e. The molecule has 0 aliphatic heterocycles. The molecule has 0 radical (unpaired) electrons. The molecule has 1 fully saturated rings. The zero-order valence-electron chi connectivity index (χ0n) is 12.1. The molecule has 1 saturated carbocycles. The minimum absolute atomic E-state index is 0.419. The highest BCUT2D eigenvalue weighted by atomic mass is 14.9. The zero-order valence-corrected chi connectivity index (χ0v) is 12.1. The number of fused-ring (bicyclic) bond motifs is 1. The predicted molar refractivity (Wildman–Crippen MR) is 82.3 cm³/mol. The second kappa shape index (κ2) is 4.64. The summed E-state index contributed by atoms with van der Waals surface area (Å²) in [6.45, 7) is 8.14. The van der Waals surface area contributed by atoms with Crippen molar-refractivity contribution in [3.8, 4) is 0 Å². The van der Waals surface area contributed by atoms with Gasteiger partial charge in [0.25, 0.3) is 0 Å². The van der Waals surface area contributed by atoms with Gasteiger partial charge >= 0.3 is 0 Å².